The fraction of sp³-hybridized carbons (Fsp3) is 0.500. The van der Waals surface area contributed by atoms with E-state index in [0.717, 1.165) is 17.3 Å². The van der Waals surface area contributed by atoms with Crippen molar-refractivity contribution >= 4 is 15.9 Å². The van der Waals surface area contributed by atoms with Crippen molar-refractivity contribution in [2.45, 2.75) is 27.2 Å². The number of benzene rings is 1. The minimum Gasteiger partial charge on any atom is -0.508 e. The lowest BCUT2D eigenvalue weighted by molar-refractivity contribution is 0.405. The number of aromatic hydroxyl groups is 1. The van der Waals surface area contributed by atoms with Gasteiger partial charge in [-0.25, -0.2) is 0 Å². The SMILES string of the molecule is Cc1ccc(O)c(CC(C)(C)CBr)c1. The van der Waals surface area contributed by atoms with Crippen LogP contribution < -0.4 is 0 Å². The molecule has 78 valence electrons. The van der Waals surface area contributed by atoms with Crippen molar-refractivity contribution in [2.75, 3.05) is 5.33 Å². The Kier molecular flexibility index (Phi) is 3.59. The summed E-state index contributed by atoms with van der Waals surface area (Å²) >= 11 is 3.49. The molecule has 0 saturated carbocycles. The second-order valence-corrected chi connectivity index (χ2v) is 5.17. The molecule has 0 aliphatic carbocycles. The molecule has 0 unspecified atom stereocenters. The first-order chi connectivity index (χ1) is 6.44. The molecule has 0 atom stereocenters. The second kappa shape index (κ2) is 4.35. The molecule has 1 aromatic rings. The van der Waals surface area contributed by atoms with E-state index in [1.165, 1.54) is 5.56 Å². The number of hydrogen-bond donors (Lipinski definition) is 1. The van der Waals surface area contributed by atoms with Gasteiger partial charge in [0.15, 0.2) is 0 Å². The van der Waals surface area contributed by atoms with E-state index in [-0.39, 0.29) is 5.41 Å². The number of phenols is 1. The molecular weight excluding hydrogens is 240 g/mol. The van der Waals surface area contributed by atoms with Gasteiger partial charge in [-0.15, -0.1) is 0 Å². The molecule has 1 nitrogen and oxygen atoms in total. The molecule has 0 aliphatic rings. The third kappa shape index (κ3) is 3.02. The van der Waals surface area contributed by atoms with Gasteiger partial charge in [0.2, 0.25) is 0 Å². The van der Waals surface area contributed by atoms with Gasteiger partial charge in [-0.05, 0) is 30.4 Å². The topological polar surface area (TPSA) is 20.2 Å². The summed E-state index contributed by atoms with van der Waals surface area (Å²) in [6.45, 7) is 6.41. The van der Waals surface area contributed by atoms with Crippen molar-refractivity contribution in [3.05, 3.63) is 29.3 Å². The Hall–Kier alpha value is -0.500. The standard InChI is InChI=1S/C12H17BrO/c1-9-4-5-11(14)10(6-9)7-12(2,3)8-13/h4-6,14H,7-8H2,1-3H3. The maximum absolute atomic E-state index is 9.68. The van der Waals surface area contributed by atoms with Crippen LogP contribution in [0.4, 0.5) is 0 Å². The number of aryl methyl sites for hydroxylation is 1. The molecule has 0 fully saturated rings. The molecule has 2 heteroatoms. The monoisotopic (exact) mass is 256 g/mol. The molecule has 1 rings (SSSR count). The van der Waals surface area contributed by atoms with Crippen LogP contribution >= 0.6 is 15.9 Å². The lowest BCUT2D eigenvalue weighted by Crippen LogP contribution is -2.16. The predicted molar refractivity (Wildman–Crippen MR) is 64.1 cm³/mol. The van der Waals surface area contributed by atoms with Crippen LogP contribution in [-0.4, -0.2) is 10.4 Å². The predicted octanol–water partition coefficient (Wildman–Crippen LogP) is 3.66. The fourth-order valence-corrected chi connectivity index (χ4v) is 1.62. The zero-order valence-electron chi connectivity index (χ0n) is 8.97. The molecule has 0 saturated heterocycles. The van der Waals surface area contributed by atoms with Crippen LogP contribution in [-0.2, 0) is 6.42 Å². The lowest BCUT2D eigenvalue weighted by Gasteiger charge is -2.22. The van der Waals surface area contributed by atoms with Gasteiger partial charge in [-0.1, -0.05) is 47.5 Å². The van der Waals surface area contributed by atoms with Gasteiger partial charge >= 0.3 is 0 Å². The first kappa shape index (κ1) is 11.6. The number of halogens is 1. The Morgan fingerprint density at radius 3 is 2.57 bits per heavy atom. The summed E-state index contributed by atoms with van der Waals surface area (Å²) in [5.74, 6) is 0.407. The minimum atomic E-state index is 0.186. The number of phenolic OH excluding ortho intramolecular Hbond substituents is 1. The van der Waals surface area contributed by atoms with Gasteiger partial charge < -0.3 is 5.11 Å². The highest BCUT2D eigenvalue weighted by atomic mass is 79.9. The smallest absolute Gasteiger partial charge is 0.118 e. The maximum Gasteiger partial charge on any atom is 0.118 e. The van der Waals surface area contributed by atoms with Gasteiger partial charge in [0.05, 0.1) is 0 Å². The molecule has 0 aliphatic heterocycles. The Morgan fingerprint density at radius 2 is 2.00 bits per heavy atom. The summed E-state index contributed by atoms with van der Waals surface area (Å²) in [6, 6.07) is 5.76. The van der Waals surface area contributed by atoms with Crippen molar-refractivity contribution in [2.24, 2.45) is 5.41 Å². The number of alkyl halides is 1. The van der Waals surface area contributed by atoms with E-state index in [1.807, 2.05) is 13.0 Å². The molecule has 0 amide bonds. The van der Waals surface area contributed by atoms with E-state index in [9.17, 15) is 5.11 Å². The highest BCUT2D eigenvalue weighted by molar-refractivity contribution is 9.09. The molecule has 0 aromatic heterocycles. The highest BCUT2D eigenvalue weighted by Crippen LogP contribution is 2.29. The third-order valence-corrected chi connectivity index (χ3v) is 3.78. The van der Waals surface area contributed by atoms with Crippen LogP contribution in [0.15, 0.2) is 18.2 Å². The van der Waals surface area contributed by atoms with Crippen molar-refractivity contribution in [1.29, 1.82) is 0 Å². The first-order valence-corrected chi connectivity index (χ1v) is 5.91. The van der Waals surface area contributed by atoms with Crippen LogP contribution in [0.3, 0.4) is 0 Å². The third-order valence-electron chi connectivity index (χ3n) is 2.27. The summed E-state index contributed by atoms with van der Waals surface area (Å²) < 4.78 is 0. The normalized spacial score (nSPS) is 11.7. The number of hydrogen-bond acceptors (Lipinski definition) is 1. The van der Waals surface area contributed by atoms with Crippen LogP contribution in [0.2, 0.25) is 0 Å². The average molecular weight is 257 g/mol. The maximum atomic E-state index is 9.68. The van der Waals surface area contributed by atoms with E-state index in [2.05, 4.69) is 35.8 Å². The molecule has 1 aromatic carbocycles. The summed E-state index contributed by atoms with van der Waals surface area (Å²) in [5, 5.41) is 10.6. The van der Waals surface area contributed by atoms with Gasteiger partial charge in [0, 0.05) is 5.33 Å². The van der Waals surface area contributed by atoms with Gasteiger partial charge in [-0.3, -0.25) is 0 Å². The highest BCUT2D eigenvalue weighted by Gasteiger charge is 2.18. The summed E-state index contributed by atoms with van der Waals surface area (Å²) in [7, 11) is 0. The first-order valence-electron chi connectivity index (χ1n) is 4.79. The second-order valence-electron chi connectivity index (χ2n) is 4.61. The zero-order valence-corrected chi connectivity index (χ0v) is 10.6. The van der Waals surface area contributed by atoms with Crippen LogP contribution in [0.25, 0.3) is 0 Å². The molecule has 0 heterocycles. The molecule has 0 bridgehead atoms. The molecule has 0 spiro atoms. The molecule has 14 heavy (non-hydrogen) atoms. The van der Waals surface area contributed by atoms with Gasteiger partial charge in [-0.2, -0.15) is 0 Å². The fourth-order valence-electron chi connectivity index (χ4n) is 1.42. The Balaban J connectivity index is 2.91. The van der Waals surface area contributed by atoms with Crippen LogP contribution in [0.5, 0.6) is 5.75 Å². The van der Waals surface area contributed by atoms with E-state index in [4.69, 9.17) is 0 Å². The van der Waals surface area contributed by atoms with Crippen molar-refractivity contribution in [3.8, 4) is 5.75 Å². The summed E-state index contributed by atoms with van der Waals surface area (Å²) in [4.78, 5) is 0. The molecule has 0 radical (unpaired) electrons. The minimum absolute atomic E-state index is 0.186. The van der Waals surface area contributed by atoms with Gasteiger partial charge in [0.25, 0.3) is 0 Å². The Labute approximate surface area is 94.3 Å². The summed E-state index contributed by atoms with van der Waals surface area (Å²) in [5.41, 5.74) is 2.42. The van der Waals surface area contributed by atoms with E-state index in [0.29, 0.717) is 5.75 Å². The number of rotatable bonds is 3. The van der Waals surface area contributed by atoms with Crippen molar-refractivity contribution < 1.29 is 5.11 Å². The largest absolute Gasteiger partial charge is 0.508 e. The van der Waals surface area contributed by atoms with Crippen LogP contribution in [0.1, 0.15) is 25.0 Å². The van der Waals surface area contributed by atoms with Crippen molar-refractivity contribution in [3.63, 3.8) is 0 Å². The quantitative estimate of drug-likeness (QED) is 0.819. The van der Waals surface area contributed by atoms with Crippen LogP contribution in [0, 0.1) is 12.3 Å². The van der Waals surface area contributed by atoms with Gasteiger partial charge in [0.1, 0.15) is 5.75 Å². The zero-order chi connectivity index (χ0) is 10.8. The Morgan fingerprint density at radius 1 is 1.36 bits per heavy atom. The summed E-state index contributed by atoms with van der Waals surface area (Å²) in [6.07, 6.45) is 0.895. The van der Waals surface area contributed by atoms with E-state index in [1.54, 1.807) is 6.07 Å². The lowest BCUT2D eigenvalue weighted by atomic mass is 9.87. The van der Waals surface area contributed by atoms with E-state index >= 15 is 0 Å². The molecule has 1 N–H and O–H groups in total. The van der Waals surface area contributed by atoms with Crippen molar-refractivity contribution in [1.82, 2.24) is 0 Å². The average Bonchev–Trinajstić information content (AvgIpc) is 2.11. The Bertz CT molecular complexity index is 318. The van der Waals surface area contributed by atoms with E-state index < -0.39 is 0 Å². The molecular formula is C12H17BrO.